The summed E-state index contributed by atoms with van der Waals surface area (Å²) >= 11 is 0. The van der Waals surface area contributed by atoms with E-state index in [0.717, 1.165) is 17.7 Å². The van der Waals surface area contributed by atoms with E-state index in [2.05, 4.69) is 15.5 Å². The Morgan fingerprint density at radius 1 is 1.29 bits per heavy atom. The summed E-state index contributed by atoms with van der Waals surface area (Å²) in [5.41, 5.74) is 0. The second-order valence-corrected chi connectivity index (χ2v) is 4.49. The maximum atomic E-state index is 5.59. The lowest BCUT2D eigenvalue weighted by Crippen LogP contribution is -2.04. The van der Waals surface area contributed by atoms with E-state index in [-0.39, 0.29) is 0 Å². The van der Waals surface area contributed by atoms with Gasteiger partial charge >= 0.3 is 0 Å². The van der Waals surface area contributed by atoms with Gasteiger partial charge < -0.3 is 9.73 Å². The molecule has 14 heavy (non-hydrogen) atoms. The summed E-state index contributed by atoms with van der Waals surface area (Å²) in [5, 5.41) is 11.1. The highest BCUT2D eigenvalue weighted by Crippen LogP contribution is 2.57. The van der Waals surface area contributed by atoms with Gasteiger partial charge in [0.05, 0.1) is 6.54 Å². The van der Waals surface area contributed by atoms with Crippen LogP contribution in [0.4, 0.5) is 0 Å². The van der Waals surface area contributed by atoms with Gasteiger partial charge in [0.1, 0.15) is 0 Å². The van der Waals surface area contributed by atoms with Crippen molar-refractivity contribution in [3.63, 3.8) is 0 Å². The molecule has 2 saturated carbocycles. The molecule has 2 unspecified atom stereocenters. The summed E-state index contributed by atoms with van der Waals surface area (Å²) in [6.07, 6.45) is 3.98. The van der Waals surface area contributed by atoms with E-state index >= 15 is 0 Å². The molecule has 1 aromatic rings. The minimum absolute atomic E-state index is 0.553. The Hall–Kier alpha value is -0.900. The van der Waals surface area contributed by atoms with Crippen molar-refractivity contribution in [2.24, 2.45) is 11.8 Å². The standard InChI is InChI=1S/C10H15N3O/c1-11-5-9-12-13-10(14-9)8-3-6-2-7(6)4-8/h6-8,11H,2-5H2,1H3. The zero-order valence-electron chi connectivity index (χ0n) is 8.36. The summed E-state index contributed by atoms with van der Waals surface area (Å²) in [4.78, 5) is 0. The first-order valence-electron chi connectivity index (χ1n) is 5.33. The zero-order valence-corrected chi connectivity index (χ0v) is 8.36. The Balaban J connectivity index is 1.70. The van der Waals surface area contributed by atoms with Crippen LogP contribution in [0.2, 0.25) is 0 Å². The van der Waals surface area contributed by atoms with Crippen molar-refractivity contribution in [2.75, 3.05) is 7.05 Å². The van der Waals surface area contributed by atoms with Gasteiger partial charge in [-0.2, -0.15) is 0 Å². The molecule has 2 aliphatic rings. The van der Waals surface area contributed by atoms with E-state index in [0.29, 0.717) is 18.4 Å². The van der Waals surface area contributed by atoms with Crippen LogP contribution in [0.1, 0.15) is 37.0 Å². The van der Waals surface area contributed by atoms with Gasteiger partial charge in [0.2, 0.25) is 11.8 Å². The molecule has 2 fully saturated rings. The monoisotopic (exact) mass is 193 g/mol. The molecule has 0 aromatic carbocycles. The number of hydrogen-bond acceptors (Lipinski definition) is 4. The number of fused-ring (bicyclic) bond motifs is 1. The van der Waals surface area contributed by atoms with Crippen LogP contribution in [0, 0.1) is 11.8 Å². The summed E-state index contributed by atoms with van der Waals surface area (Å²) in [6.45, 7) is 0.673. The average Bonchev–Trinajstić information content (AvgIpc) is 2.68. The molecule has 0 spiro atoms. The van der Waals surface area contributed by atoms with Crippen LogP contribution in [0.15, 0.2) is 4.42 Å². The summed E-state index contributed by atoms with van der Waals surface area (Å²) in [6, 6.07) is 0. The lowest BCUT2D eigenvalue weighted by molar-refractivity contribution is 0.397. The molecule has 3 rings (SSSR count). The van der Waals surface area contributed by atoms with E-state index in [1.54, 1.807) is 0 Å². The van der Waals surface area contributed by atoms with E-state index in [1.165, 1.54) is 19.3 Å². The predicted octanol–water partition coefficient (Wildman–Crippen LogP) is 1.30. The van der Waals surface area contributed by atoms with E-state index in [1.807, 2.05) is 7.05 Å². The number of hydrogen-bond donors (Lipinski definition) is 1. The molecule has 2 atom stereocenters. The topological polar surface area (TPSA) is 51.0 Å². The fourth-order valence-electron chi connectivity index (χ4n) is 2.57. The summed E-state index contributed by atoms with van der Waals surface area (Å²) in [7, 11) is 1.88. The second-order valence-electron chi connectivity index (χ2n) is 4.49. The van der Waals surface area contributed by atoms with Crippen molar-refractivity contribution in [2.45, 2.75) is 31.7 Å². The van der Waals surface area contributed by atoms with Crippen LogP contribution in [-0.2, 0) is 6.54 Å². The highest BCUT2D eigenvalue weighted by atomic mass is 16.4. The SMILES string of the molecule is CNCc1nnc(C2CC3CC3C2)o1. The molecule has 2 aliphatic carbocycles. The second kappa shape index (κ2) is 3.05. The number of nitrogens with zero attached hydrogens (tertiary/aromatic N) is 2. The molecule has 4 heteroatoms. The third-order valence-electron chi connectivity index (χ3n) is 3.40. The maximum absolute atomic E-state index is 5.59. The highest BCUT2D eigenvalue weighted by molar-refractivity contribution is 5.05. The Labute approximate surface area is 83.1 Å². The molecule has 0 radical (unpaired) electrons. The van der Waals surface area contributed by atoms with Gasteiger partial charge in [-0.1, -0.05) is 0 Å². The predicted molar refractivity (Wildman–Crippen MR) is 50.6 cm³/mol. The van der Waals surface area contributed by atoms with Crippen LogP contribution < -0.4 is 5.32 Å². The minimum Gasteiger partial charge on any atom is -0.424 e. The third kappa shape index (κ3) is 1.34. The lowest BCUT2D eigenvalue weighted by atomic mass is 10.0. The van der Waals surface area contributed by atoms with Gasteiger partial charge in [-0.3, -0.25) is 0 Å². The van der Waals surface area contributed by atoms with E-state index in [9.17, 15) is 0 Å². The van der Waals surface area contributed by atoms with Crippen LogP contribution in [0.5, 0.6) is 0 Å². The molecule has 1 heterocycles. The Kier molecular flexibility index (Phi) is 1.83. The molecule has 0 bridgehead atoms. The summed E-state index contributed by atoms with van der Waals surface area (Å²) < 4.78 is 5.59. The molecule has 4 nitrogen and oxygen atoms in total. The first-order chi connectivity index (χ1) is 6.86. The quantitative estimate of drug-likeness (QED) is 0.786. The minimum atomic E-state index is 0.553. The fraction of sp³-hybridized carbons (Fsp3) is 0.800. The Morgan fingerprint density at radius 3 is 2.79 bits per heavy atom. The zero-order chi connectivity index (χ0) is 9.54. The molecule has 0 saturated heterocycles. The Bertz CT molecular complexity index is 326. The molecule has 0 amide bonds. The maximum Gasteiger partial charge on any atom is 0.230 e. The molecule has 1 aromatic heterocycles. The lowest BCUT2D eigenvalue weighted by Gasteiger charge is -2.04. The van der Waals surface area contributed by atoms with Crippen molar-refractivity contribution in [3.8, 4) is 0 Å². The first-order valence-corrected chi connectivity index (χ1v) is 5.33. The van der Waals surface area contributed by atoms with Crippen LogP contribution in [0.25, 0.3) is 0 Å². The van der Waals surface area contributed by atoms with Crippen molar-refractivity contribution >= 4 is 0 Å². The van der Waals surface area contributed by atoms with Crippen LogP contribution >= 0.6 is 0 Å². The van der Waals surface area contributed by atoms with Crippen molar-refractivity contribution in [1.29, 1.82) is 0 Å². The van der Waals surface area contributed by atoms with Gasteiger partial charge in [0.15, 0.2) is 0 Å². The molecular weight excluding hydrogens is 178 g/mol. The fourth-order valence-corrected chi connectivity index (χ4v) is 2.57. The third-order valence-corrected chi connectivity index (χ3v) is 3.40. The molecule has 1 N–H and O–H groups in total. The number of rotatable bonds is 3. The van der Waals surface area contributed by atoms with Crippen LogP contribution in [-0.4, -0.2) is 17.2 Å². The van der Waals surface area contributed by atoms with Gasteiger partial charge in [-0.05, 0) is 38.1 Å². The largest absolute Gasteiger partial charge is 0.424 e. The van der Waals surface area contributed by atoms with Crippen molar-refractivity contribution in [1.82, 2.24) is 15.5 Å². The van der Waals surface area contributed by atoms with Crippen molar-refractivity contribution in [3.05, 3.63) is 11.8 Å². The van der Waals surface area contributed by atoms with Gasteiger partial charge in [-0.25, -0.2) is 0 Å². The molecule has 76 valence electrons. The number of nitrogens with one attached hydrogen (secondary N) is 1. The normalized spacial score (nSPS) is 34.5. The van der Waals surface area contributed by atoms with Crippen LogP contribution in [0.3, 0.4) is 0 Å². The highest BCUT2D eigenvalue weighted by Gasteiger charge is 2.47. The van der Waals surface area contributed by atoms with Gasteiger partial charge in [0, 0.05) is 5.92 Å². The molecular formula is C10H15N3O. The van der Waals surface area contributed by atoms with Gasteiger partial charge in [0.25, 0.3) is 0 Å². The smallest absolute Gasteiger partial charge is 0.230 e. The van der Waals surface area contributed by atoms with E-state index < -0.39 is 0 Å². The average molecular weight is 193 g/mol. The van der Waals surface area contributed by atoms with E-state index in [4.69, 9.17) is 4.42 Å². The first kappa shape index (κ1) is 8.41. The summed E-state index contributed by atoms with van der Waals surface area (Å²) in [5.74, 6) is 4.07. The molecule has 0 aliphatic heterocycles. The van der Waals surface area contributed by atoms with Crippen molar-refractivity contribution < 1.29 is 4.42 Å². The Morgan fingerprint density at radius 2 is 2.07 bits per heavy atom. The van der Waals surface area contributed by atoms with Gasteiger partial charge in [-0.15, -0.1) is 10.2 Å². The number of aromatic nitrogens is 2.